The highest BCUT2D eigenvalue weighted by Gasteiger charge is 2.69. The number of anilines is 1. The maximum atomic E-state index is 13.9. The van der Waals surface area contributed by atoms with Gasteiger partial charge in [0.25, 0.3) is 0 Å². The summed E-state index contributed by atoms with van der Waals surface area (Å²) in [6.07, 6.45) is 3.95. The number of para-hydroxylation sites is 1. The van der Waals surface area contributed by atoms with Gasteiger partial charge in [0.2, 0.25) is 17.7 Å². The molecule has 2 aliphatic carbocycles. The topological polar surface area (TPSA) is 79.7 Å². The molecule has 4 heterocycles. The molecule has 8 rings (SSSR count). The largest absolute Gasteiger partial charge is 0.341 e. The van der Waals surface area contributed by atoms with E-state index in [9.17, 15) is 19.2 Å². The van der Waals surface area contributed by atoms with Crippen LogP contribution in [0.2, 0.25) is 5.02 Å². The van der Waals surface area contributed by atoms with Crippen molar-refractivity contribution in [2.75, 3.05) is 18.0 Å². The summed E-state index contributed by atoms with van der Waals surface area (Å²) in [5, 5.41) is 1.57. The molecule has 7 nitrogen and oxygen atoms in total. The molecule has 4 fully saturated rings. The molecular formula is C32H30ClN3O4S2. The fraction of sp³-hybridized carbons (Fsp3) is 0.438. The summed E-state index contributed by atoms with van der Waals surface area (Å²) in [6.45, 7) is 1.53. The lowest BCUT2D eigenvalue weighted by Gasteiger charge is -2.43. The molecule has 3 aromatic rings. The average molecular weight is 620 g/mol. The minimum absolute atomic E-state index is 0.00811. The Bertz CT molecular complexity index is 1650. The third kappa shape index (κ3) is 3.92. The highest BCUT2D eigenvalue weighted by Crippen LogP contribution is 2.69. The summed E-state index contributed by atoms with van der Waals surface area (Å²) in [5.74, 6) is -0.820. The summed E-state index contributed by atoms with van der Waals surface area (Å²) in [7, 11) is 0. The number of thioether (sulfide) groups is 1. The number of imide groups is 1. The van der Waals surface area contributed by atoms with Crippen LogP contribution in [-0.4, -0.2) is 45.5 Å². The fourth-order valence-corrected chi connectivity index (χ4v) is 11.8. The lowest BCUT2D eigenvalue weighted by Crippen LogP contribution is -2.43. The molecule has 3 amide bonds. The molecular weight excluding hydrogens is 590 g/mol. The van der Waals surface area contributed by atoms with Crippen LogP contribution in [0.5, 0.6) is 0 Å². The van der Waals surface area contributed by atoms with E-state index in [1.165, 1.54) is 16.2 Å². The Morgan fingerprint density at radius 1 is 0.881 bits per heavy atom. The first-order valence-electron chi connectivity index (χ1n) is 14.8. The molecule has 1 aromatic heterocycles. The van der Waals surface area contributed by atoms with Gasteiger partial charge in [-0.2, -0.15) is 0 Å². The summed E-state index contributed by atoms with van der Waals surface area (Å²) in [5.41, 5.74) is 1.70. The molecule has 2 bridgehead atoms. The number of carbonyl (C=O) groups is 3. The summed E-state index contributed by atoms with van der Waals surface area (Å²) >= 11 is 9.19. The molecule has 3 aliphatic heterocycles. The fourth-order valence-electron chi connectivity index (χ4n) is 8.51. The number of amides is 3. The van der Waals surface area contributed by atoms with Crippen LogP contribution in [0.15, 0.2) is 64.4 Å². The van der Waals surface area contributed by atoms with Crippen molar-refractivity contribution in [3.63, 3.8) is 0 Å². The summed E-state index contributed by atoms with van der Waals surface area (Å²) < 4.78 is 1.68. The molecule has 10 heteroatoms. The minimum Gasteiger partial charge on any atom is -0.341 e. The van der Waals surface area contributed by atoms with E-state index < -0.39 is 0 Å². The van der Waals surface area contributed by atoms with Gasteiger partial charge in [0.1, 0.15) is 6.54 Å². The van der Waals surface area contributed by atoms with Gasteiger partial charge in [0, 0.05) is 34.2 Å². The number of rotatable bonds is 4. The Labute approximate surface area is 256 Å². The molecule has 2 saturated carbocycles. The van der Waals surface area contributed by atoms with Crippen LogP contribution < -0.4 is 9.77 Å². The molecule has 0 radical (unpaired) electrons. The van der Waals surface area contributed by atoms with Crippen molar-refractivity contribution in [2.24, 2.45) is 29.6 Å². The monoisotopic (exact) mass is 619 g/mol. The Balaban J connectivity index is 1.20. The highest BCUT2D eigenvalue weighted by molar-refractivity contribution is 8.00. The highest BCUT2D eigenvalue weighted by atomic mass is 35.5. The van der Waals surface area contributed by atoms with E-state index in [1.54, 1.807) is 16.3 Å². The second-order valence-corrected chi connectivity index (χ2v) is 14.8. The molecule has 0 spiro atoms. The first kappa shape index (κ1) is 26.7. The second-order valence-electron chi connectivity index (χ2n) is 12.2. The van der Waals surface area contributed by atoms with Crippen LogP contribution in [0, 0.1) is 29.6 Å². The van der Waals surface area contributed by atoms with E-state index in [2.05, 4.69) is 0 Å². The maximum Gasteiger partial charge on any atom is 0.308 e. The average Bonchev–Trinajstić information content (AvgIpc) is 3.73. The van der Waals surface area contributed by atoms with E-state index in [0.717, 1.165) is 54.2 Å². The lowest BCUT2D eigenvalue weighted by molar-refractivity contribution is -0.133. The molecule has 2 aromatic carbocycles. The van der Waals surface area contributed by atoms with Crippen molar-refractivity contribution in [3.05, 3.63) is 79.7 Å². The summed E-state index contributed by atoms with van der Waals surface area (Å²) in [6, 6.07) is 17.1. The van der Waals surface area contributed by atoms with Gasteiger partial charge in [0.15, 0.2) is 0 Å². The molecule has 2 saturated heterocycles. The number of halogens is 1. The Morgan fingerprint density at radius 2 is 1.57 bits per heavy atom. The van der Waals surface area contributed by atoms with E-state index in [1.807, 2.05) is 59.5 Å². The number of carbonyl (C=O) groups excluding carboxylic acids is 3. The van der Waals surface area contributed by atoms with E-state index in [4.69, 9.17) is 11.6 Å². The zero-order chi connectivity index (χ0) is 28.7. The van der Waals surface area contributed by atoms with Gasteiger partial charge < -0.3 is 4.90 Å². The SMILES string of the molecule is O=C(Cn1c2c(sc1=O)C(c1ccc(Cl)cc1)C1C3CC(C1S2)C1C(=O)N(c2ccccc2)C(=O)C31)N1CCCCC1. The number of piperidine rings is 1. The van der Waals surface area contributed by atoms with Crippen LogP contribution in [0.25, 0.3) is 0 Å². The normalized spacial score (nSPS) is 31.3. The first-order valence-corrected chi connectivity index (χ1v) is 16.9. The molecule has 216 valence electrons. The number of aromatic nitrogens is 1. The van der Waals surface area contributed by atoms with Crippen LogP contribution in [0.4, 0.5) is 5.69 Å². The van der Waals surface area contributed by atoms with Gasteiger partial charge in [-0.3, -0.25) is 28.6 Å². The third-order valence-electron chi connectivity index (χ3n) is 10.2. The third-order valence-corrected chi connectivity index (χ3v) is 13.2. The summed E-state index contributed by atoms with van der Waals surface area (Å²) in [4.78, 5) is 58.8. The second kappa shape index (κ2) is 10.1. The van der Waals surface area contributed by atoms with E-state index in [0.29, 0.717) is 10.7 Å². The smallest absolute Gasteiger partial charge is 0.308 e. The standard InChI is InChI=1S/C32H30ClN3O4S2/c33-18-11-9-17(10-12-18)23-24-20-15-21(26-25(20)29(38)36(30(26)39)19-7-3-1-4-8-19)27(24)41-31-28(23)42-32(40)35(31)16-22(37)34-13-5-2-6-14-34/h1,3-4,7-12,20-21,23-27H,2,5-6,13-16H2. The Hall–Kier alpha value is -2.88. The molecule has 5 aliphatic rings. The van der Waals surface area contributed by atoms with Crippen LogP contribution in [0.1, 0.15) is 42.0 Å². The minimum atomic E-state index is -0.349. The Kier molecular flexibility index (Phi) is 6.43. The van der Waals surface area contributed by atoms with Gasteiger partial charge in [0.05, 0.1) is 22.5 Å². The maximum absolute atomic E-state index is 13.9. The van der Waals surface area contributed by atoms with Gasteiger partial charge in [-0.05, 0) is 73.3 Å². The van der Waals surface area contributed by atoms with Crippen molar-refractivity contribution in [1.29, 1.82) is 0 Å². The predicted molar refractivity (Wildman–Crippen MR) is 163 cm³/mol. The van der Waals surface area contributed by atoms with Crippen LogP contribution in [0.3, 0.4) is 0 Å². The Morgan fingerprint density at radius 3 is 2.29 bits per heavy atom. The number of benzene rings is 2. The van der Waals surface area contributed by atoms with Crippen molar-refractivity contribution in [2.45, 2.75) is 48.4 Å². The van der Waals surface area contributed by atoms with Crippen molar-refractivity contribution in [3.8, 4) is 0 Å². The van der Waals surface area contributed by atoms with Crippen molar-refractivity contribution < 1.29 is 14.4 Å². The van der Waals surface area contributed by atoms with Gasteiger partial charge in [-0.25, -0.2) is 0 Å². The number of hydrogen-bond acceptors (Lipinski definition) is 6. The number of fused-ring (bicyclic) bond motifs is 9. The molecule has 7 unspecified atom stereocenters. The van der Waals surface area contributed by atoms with Crippen LogP contribution >= 0.6 is 34.7 Å². The lowest BCUT2D eigenvalue weighted by atomic mass is 9.68. The zero-order valence-electron chi connectivity index (χ0n) is 22.9. The zero-order valence-corrected chi connectivity index (χ0v) is 25.2. The van der Waals surface area contributed by atoms with Crippen LogP contribution in [-0.2, 0) is 20.9 Å². The number of thiazole rings is 1. The van der Waals surface area contributed by atoms with E-state index >= 15 is 0 Å². The van der Waals surface area contributed by atoms with Gasteiger partial charge in [-0.15, -0.1) is 11.8 Å². The molecule has 7 atom stereocenters. The molecule has 0 N–H and O–H groups in total. The predicted octanol–water partition coefficient (Wildman–Crippen LogP) is 5.25. The van der Waals surface area contributed by atoms with Gasteiger partial charge >= 0.3 is 4.87 Å². The number of nitrogens with zero attached hydrogens (tertiary/aromatic N) is 3. The van der Waals surface area contributed by atoms with Crippen molar-refractivity contribution in [1.82, 2.24) is 9.47 Å². The van der Waals surface area contributed by atoms with E-state index in [-0.39, 0.29) is 69.9 Å². The van der Waals surface area contributed by atoms with Crippen molar-refractivity contribution >= 4 is 58.1 Å². The first-order chi connectivity index (χ1) is 20.4. The number of hydrogen-bond donors (Lipinski definition) is 0. The quantitative estimate of drug-likeness (QED) is 0.373. The number of likely N-dealkylation sites (tertiary alicyclic amines) is 1. The van der Waals surface area contributed by atoms with Gasteiger partial charge in [-0.1, -0.05) is 53.3 Å². The molecule has 42 heavy (non-hydrogen) atoms.